The standard InChI is InChI=1S/C19H19N5O4S/c1-3-23-18(14-6-4-5-7-16(14)25)21-22-19(23)29-11-17(26)20-15-9-8-13(24(27)28)10-12(15)2/h4-10,25H,3,11H2,1-2H3,(H,20,26). The number of nitrogens with zero attached hydrogens (tertiary/aromatic N) is 4. The van der Waals surface area contributed by atoms with Crippen LogP contribution >= 0.6 is 11.8 Å². The van der Waals surface area contributed by atoms with Crippen molar-refractivity contribution in [3.8, 4) is 17.1 Å². The molecule has 0 aliphatic heterocycles. The van der Waals surface area contributed by atoms with Crippen LogP contribution in [0.2, 0.25) is 0 Å². The Balaban J connectivity index is 1.70. The topological polar surface area (TPSA) is 123 Å². The third-order valence-electron chi connectivity index (χ3n) is 4.21. The SMILES string of the molecule is CCn1c(SCC(=O)Nc2ccc([N+](=O)[O-])cc2C)nnc1-c1ccccc1O. The molecule has 0 saturated carbocycles. The van der Waals surface area contributed by atoms with Crippen LogP contribution in [-0.4, -0.2) is 36.5 Å². The van der Waals surface area contributed by atoms with Crippen molar-refractivity contribution in [3.63, 3.8) is 0 Å². The lowest BCUT2D eigenvalue weighted by Gasteiger charge is -2.09. The number of carbonyl (C=O) groups excluding carboxylic acids is 1. The third-order valence-corrected chi connectivity index (χ3v) is 5.17. The smallest absolute Gasteiger partial charge is 0.269 e. The predicted molar refractivity (Wildman–Crippen MR) is 110 cm³/mol. The Morgan fingerprint density at radius 3 is 2.69 bits per heavy atom. The van der Waals surface area contributed by atoms with Crippen molar-refractivity contribution >= 4 is 29.0 Å². The number of para-hydroxylation sites is 1. The summed E-state index contributed by atoms with van der Waals surface area (Å²) in [5, 5.41) is 32.5. The number of nitro groups is 1. The summed E-state index contributed by atoms with van der Waals surface area (Å²) in [6, 6.07) is 11.1. The summed E-state index contributed by atoms with van der Waals surface area (Å²) in [6.45, 7) is 4.20. The number of nitro benzene ring substituents is 1. The largest absolute Gasteiger partial charge is 0.507 e. The third kappa shape index (κ3) is 4.54. The van der Waals surface area contributed by atoms with Gasteiger partial charge in [0.1, 0.15) is 5.75 Å². The van der Waals surface area contributed by atoms with E-state index in [4.69, 9.17) is 0 Å². The Bertz CT molecular complexity index is 1070. The molecule has 0 spiro atoms. The number of benzene rings is 2. The minimum absolute atomic E-state index is 0.0254. The van der Waals surface area contributed by atoms with E-state index in [1.807, 2.05) is 11.5 Å². The fraction of sp³-hybridized carbons (Fsp3) is 0.211. The Morgan fingerprint density at radius 1 is 1.28 bits per heavy atom. The van der Waals surface area contributed by atoms with Crippen LogP contribution in [0, 0.1) is 17.0 Å². The van der Waals surface area contributed by atoms with Gasteiger partial charge in [0.25, 0.3) is 5.69 Å². The highest BCUT2D eigenvalue weighted by Crippen LogP contribution is 2.30. The van der Waals surface area contributed by atoms with Gasteiger partial charge in [0.05, 0.1) is 16.2 Å². The summed E-state index contributed by atoms with van der Waals surface area (Å²) in [4.78, 5) is 22.7. The van der Waals surface area contributed by atoms with Gasteiger partial charge in [-0.3, -0.25) is 14.9 Å². The first-order chi connectivity index (χ1) is 13.9. The van der Waals surface area contributed by atoms with Crippen molar-refractivity contribution in [3.05, 3.63) is 58.1 Å². The van der Waals surface area contributed by atoms with E-state index >= 15 is 0 Å². The summed E-state index contributed by atoms with van der Waals surface area (Å²) in [5.41, 5.74) is 1.67. The summed E-state index contributed by atoms with van der Waals surface area (Å²) in [7, 11) is 0. The average molecular weight is 413 g/mol. The van der Waals surface area contributed by atoms with Crippen molar-refractivity contribution in [1.82, 2.24) is 14.8 Å². The molecule has 1 amide bonds. The van der Waals surface area contributed by atoms with E-state index in [0.717, 1.165) is 0 Å². The lowest BCUT2D eigenvalue weighted by Crippen LogP contribution is -2.15. The first-order valence-corrected chi connectivity index (χ1v) is 9.78. The number of hydrogen-bond donors (Lipinski definition) is 2. The predicted octanol–water partition coefficient (Wildman–Crippen LogP) is 3.62. The van der Waals surface area contributed by atoms with Gasteiger partial charge in [0, 0.05) is 24.4 Å². The van der Waals surface area contributed by atoms with E-state index in [-0.39, 0.29) is 23.1 Å². The zero-order valence-corrected chi connectivity index (χ0v) is 16.6. The number of carbonyl (C=O) groups is 1. The van der Waals surface area contributed by atoms with Crippen LogP contribution in [0.1, 0.15) is 12.5 Å². The van der Waals surface area contributed by atoms with E-state index in [0.29, 0.717) is 34.3 Å². The van der Waals surface area contributed by atoms with Crippen LogP contribution in [0.5, 0.6) is 5.75 Å². The number of aryl methyl sites for hydroxylation is 1. The molecular weight excluding hydrogens is 394 g/mol. The monoisotopic (exact) mass is 413 g/mol. The zero-order valence-electron chi connectivity index (χ0n) is 15.8. The molecule has 2 aromatic carbocycles. The summed E-state index contributed by atoms with van der Waals surface area (Å²) >= 11 is 1.22. The molecule has 1 heterocycles. The molecule has 0 unspecified atom stereocenters. The number of phenols is 1. The first-order valence-electron chi connectivity index (χ1n) is 8.80. The number of aromatic nitrogens is 3. The van der Waals surface area contributed by atoms with Crippen LogP contribution in [0.25, 0.3) is 11.4 Å². The highest BCUT2D eigenvalue weighted by molar-refractivity contribution is 7.99. The fourth-order valence-electron chi connectivity index (χ4n) is 2.76. The Morgan fingerprint density at radius 2 is 2.03 bits per heavy atom. The molecule has 3 rings (SSSR count). The molecule has 0 bridgehead atoms. The van der Waals surface area contributed by atoms with Crippen LogP contribution < -0.4 is 5.32 Å². The van der Waals surface area contributed by atoms with Gasteiger partial charge in [-0.05, 0) is 37.6 Å². The second kappa shape index (κ2) is 8.74. The van der Waals surface area contributed by atoms with Gasteiger partial charge in [-0.1, -0.05) is 23.9 Å². The van der Waals surface area contributed by atoms with Crippen molar-refractivity contribution < 1.29 is 14.8 Å². The Hall–Kier alpha value is -3.40. The van der Waals surface area contributed by atoms with Gasteiger partial charge in [-0.25, -0.2) is 0 Å². The normalized spacial score (nSPS) is 10.7. The van der Waals surface area contributed by atoms with E-state index in [9.17, 15) is 20.0 Å². The van der Waals surface area contributed by atoms with Crippen LogP contribution in [0.15, 0.2) is 47.6 Å². The van der Waals surface area contributed by atoms with Crippen LogP contribution in [0.3, 0.4) is 0 Å². The molecule has 3 aromatic rings. The lowest BCUT2D eigenvalue weighted by molar-refractivity contribution is -0.384. The minimum atomic E-state index is -0.478. The molecule has 0 aliphatic carbocycles. The summed E-state index contributed by atoms with van der Waals surface area (Å²) in [5.74, 6) is 0.467. The van der Waals surface area contributed by atoms with Gasteiger partial charge in [-0.15, -0.1) is 10.2 Å². The second-order valence-electron chi connectivity index (χ2n) is 6.16. The van der Waals surface area contributed by atoms with E-state index < -0.39 is 4.92 Å². The number of anilines is 1. The number of hydrogen-bond acceptors (Lipinski definition) is 7. The van der Waals surface area contributed by atoms with Gasteiger partial charge < -0.3 is 15.0 Å². The number of nitrogens with one attached hydrogen (secondary N) is 1. The van der Waals surface area contributed by atoms with E-state index in [2.05, 4.69) is 15.5 Å². The molecule has 0 atom stereocenters. The molecule has 2 N–H and O–H groups in total. The highest BCUT2D eigenvalue weighted by Gasteiger charge is 2.17. The molecule has 0 saturated heterocycles. The average Bonchev–Trinajstić information content (AvgIpc) is 3.10. The highest BCUT2D eigenvalue weighted by atomic mass is 32.2. The molecular formula is C19H19N5O4S. The number of amides is 1. The zero-order chi connectivity index (χ0) is 21.0. The van der Waals surface area contributed by atoms with Crippen molar-refractivity contribution in [2.24, 2.45) is 0 Å². The van der Waals surface area contributed by atoms with Crippen molar-refractivity contribution in [2.75, 3.05) is 11.1 Å². The molecule has 150 valence electrons. The van der Waals surface area contributed by atoms with Gasteiger partial charge in [-0.2, -0.15) is 0 Å². The lowest BCUT2D eigenvalue weighted by atomic mass is 10.2. The molecule has 9 nitrogen and oxygen atoms in total. The van der Waals surface area contributed by atoms with Crippen LogP contribution in [-0.2, 0) is 11.3 Å². The van der Waals surface area contributed by atoms with Gasteiger partial charge in [0.15, 0.2) is 11.0 Å². The van der Waals surface area contributed by atoms with Gasteiger partial charge in [0.2, 0.25) is 5.91 Å². The van der Waals surface area contributed by atoms with E-state index in [1.165, 1.54) is 30.0 Å². The molecule has 1 aromatic heterocycles. The number of phenolic OH excluding ortho intramolecular Hbond substituents is 1. The Labute approximate surface area is 170 Å². The molecule has 0 radical (unpaired) electrons. The fourth-order valence-corrected chi connectivity index (χ4v) is 3.56. The minimum Gasteiger partial charge on any atom is -0.507 e. The first kappa shape index (κ1) is 20.3. The number of thioether (sulfide) groups is 1. The van der Waals surface area contributed by atoms with Crippen molar-refractivity contribution in [2.45, 2.75) is 25.5 Å². The maximum absolute atomic E-state index is 12.3. The maximum Gasteiger partial charge on any atom is 0.269 e. The van der Waals surface area contributed by atoms with Crippen LogP contribution in [0.4, 0.5) is 11.4 Å². The molecule has 0 aliphatic rings. The summed E-state index contributed by atoms with van der Waals surface area (Å²) in [6.07, 6.45) is 0. The Kier molecular flexibility index (Phi) is 6.13. The maximum atomic E-state index is 12.3. The van der Waals surface area contributed by atoms with Crippen molar-refractivity contribution in [1.29, 1.82) is 0 Å². The van der Waals surface area contributed by atoms with Gasteiger partial charge >= 0.3 is 0 Å². The number of rotatable bonds is 7. The number of aromatic hydroxyl groups is 1. The molecule has 0 fully saturated rings. The molecule has 10 heteroatoms. The van der Waals surface area contributed by atoms with E-state index in [1.54, 1.807) is 31.2 Å². The quantitative estimate of drug-likeness (QED) is 0.344. The second-order valence-corrected chi connectivity index (χ2v) is 7.10. The summed E-state index contributed by atoms with van der Waals surface area (Å²) < 4.78 is 1.82. The number of non-ortho nitro benzene ring substituents is 1. The molecule has 29 heavy (non-hydrogen) atoms.